The summed E-state index contributed by atoms with van der Waals surface area (Å²) in [6, 6.07) is 8.60. The van der Waals surface area contributed by atoms with E-state index < -0.39 is 0 Å². The maximum atomic E-state index is 11.4. The van der Waals surface area contributed by atoms with Crippen molar-refractivity contribution in [3.05, 3.63) is 41.0 Å². The van der Waals surface area contributed by atoms with Gasteiger partial charge in [-0.2, -0.15) is 0 Å². The van der Waals surface area contributed by atoms with Gasteiger partial charge in [-0.15, -0.1) is 0 Å². The fourth-order valence-electron chi connectivity index (χ4n) is 2.91. The van der Waals surface area contributed by atoms with Gasteiger partial charge in [0.15, 0.2) is 0 Å². The molecule has 1 aromatic rings. The molecule has 0 radical (unpaired) electrons. The Kier molecular flexibility index (Phi) is 4.41. The standard InChI is InChI=1S/C17H22O2/c1-4-19-17(18)11-7-10-15-13(3)12(2)14-8-5-6-9-16(14)15/h5-6,8-9,15H,4,7,10-11H2,1-3H3. The molecule has 0 heterocycles. The second kappa shape index (κ2) is 6.05. The Hall–Kier alpha value is -1.57. The number of carbonyl (C=O) groups excluding carboxylic acids is 1. The Bertz CT molecular complexity index is 500. The minimum absolute atomic E-state index is 0.0767. The van der Waals surface area contributed by atoms with Crippen LogP contribution in [0.3, 0.4) is 0 Å². The molecule has 2 nitrogen and oxygen atoms in total. The molecule has 0 spiro atoms. The summed E-state index contributed by atoms with van der Waals surface area (Å²) in [5.74, 6) is 0.401. The Balaban J connectivity index is 2.00. The summed E-state index contributed by atoms with van der Waals surface area (Å²) in [5, 5.41) is 0. The lowest BCUT2D eigenvalue weighted by atomic mass is 9.91. The number of hydrogen-bond donors (Lipinski definition) is 0. The molecule has 0 aliphatic heterocycles. The quantitative estimate of drug-likeness (QED) is 0.736. The van der Waals surface area contributed by atoms with E-state index in [0.717, 1.165) is 12.8 Å². The zero-order chi connectivity index (χ0) is 13.8. The molecule has 0 saturated heterocycles. The molecule has 0 fully saturated rings. The van der Waals surface area contributed by atoms with Crippen LogP contribution in [0.25, 0.3) is 5.57 Å². The van der Waals surface area contributed by atoms with Gasteiger partial charge in [-0.05, 0) is 50.3 Å². The number of carbonyl (C=O) groups is 1. The van der Waals surface area contributed by atoms with Gasteiger partial charge >= 0.3 is 5.97 Å². The summed E-state index contributed by atoms with van der Waals surface area (Å²) < 4.78 is 4.97. The predicted octanol–water partition coefficient (Wildman–Crippen LogP) is 4.31. The lowest BCUT2D eigenvalue weighted by molar-refractivity contribution is -0.143. The number of rotatable bonds is 5. The van der Waals surface area contributed by atoms with Gasteiger partial charge in [0.05, 0.1) is 6.61 Å². The van der Waals surface area contributed by atoms with Crippen LogP contribution in [0.15, 0.2) is 29.8 Å². The number of fused-ring (bicyclic) bond motifs is 1. The number of allylic oxidation sites excluding steroid dienone is 2. The molecule has 1 atom stereocenters. The van der Waals surface area contributed by atoms with Crippen molar-refractivity contribution in [1.29, 1.82) is 0 Å². The van der Waals surface area contributed by atoms with E-state index in [2.05, 4.69) is 38.1 Å². The lowest BCUT2D eigenvalue weighted by Gasteiger charge is -2.13. The third-order valence-corrected chi connectivity index (χ3v) is 4.03. The molecule has 19 heavy (non-hydrogen) atoms. The maximum Gasteiger partial charge on any atom is 0.305 e. The molecule has 2 rings (SSSR count). The summed E-state index contributed by atoms with van der Waals surface area (Å²) in [5.41, 5.74) is 5.64. The SMILES string of the molecule is CCOC(=O)CCCC1C(C)=C(C)c2ccccc21. The Morgan fingerprint density at radius 1 is 1.26 bits per heavy atom. The summed E-state index contributed by atoms with van der Waals surface area (Å²) in [6.45, 7) is 6.73. The Morgan fingerprint density at radius 2 is 2.00 bits per heavy atom. The average Bonchev–Trinajstić information content (AvgIpc) is 2.65. The first-order valence-electron chi connectivity index (χ1n) is 7.07. The van der Waals surface area contributed by atoms with Crippen molar-refractivity contribution in [2.45, 2.75) is 46.0 Å². The van der Waals surface area contributed by atoms with Gasteiger partial charge in [0.25, 0.3) is 0 Å². The van der Waals surface area contributed by atoms with Crippen LogP contribution in [0.4, 0.5) is 0 Å². The molecule has 2 heteroatoms. The first-order chi connectivity index (χ1) is 9.15. The van der Waals surface area contributed by atoms with E-state index in [9.17, 15) is 4.79 Å². The second-order valence-electron chi connectivity index (χ2n) is 5.15. The summed E-state index contributed by atoms with van der Waals surface area (Å²) in [7, 11) is 0. The van der Waals surface area contributed by atoms with Crippen LogP contribution in [0.5, 0.6) is 0 Å². The summed E-state index contributed by atoms with van der Waals surface area (Å²) in [4.78, 5) is 11.4. The monoisotopic (exact) mass is 258 g/mol. The second-order valence-corrected chi connectivity index (χ2v) is 5.15. The first-order valence-corrected chi connectivity index (χ1v) is 7.07. The lowest BCUT2D eigenvalue weighted by Crippen LogP contribution is -2.05. The number of benzene rings is 1. The normalized spacial score (nSPS) is 17.5. The van der Waals surface area contributed by atoms with E-state index >= 15 is 0 Å². The van der Waals surface area contributed by atoms with Gasteiger partial charge in [-0.3, -0.25) is 4.79 Å². The van der Waals surface area contributed by atoms with Crippen LogP contribution in [-0.2, 0) is 9.53 Å². The number of ether oxygens (including phenoxy) is 1. The average molecular weight is 258 g/mol. The van der Waals surface area contributed by atoms with Crippen LogP contribution in [0.2, 0.25) is 0 Å². The molecule has 102 valence electrons. The molecule has 0 N–H and O–H groups in total. The van der Waals surface area contributed by atoms with Gasteiger partial charge in [-0.1, -0.05) is 29.8 Å². The van der Waals surface area contributed by atoms with Crippen molar-refractivity contribution in [2.75, 3.05) is 6.61 Å². The van der Waals surface area contributed by atoms with Crippen LogP contribution in [-0.4, -0.2) is 12.6 Å². The highest BCUT2D eigenvalue weighted by atomic mass is 16.5. The molecular formula is C17H22O2. The van der Waals surface area contributed by atoms with Gasteiger partial charge in [0.2, 0.25) is 0 Å². The zero-order valence-corrected chi connectivity index (χ0v) is 12.0. The molecule has 1 unspecified atom stereocenters. The van der Waals surface area contributed by atoms with E-state index in [1.807, 2.05) is 6.92 Å². The molecule has 0 bridgehead atoms. The minimum Gasteiger partial charge on any atom is -0.466 e. The topological polar surface area (TPSA) is 26.3 Å². The largest absolute Gasteiger partial charge is 0.466 e. The van der Waals surface area contributed by atoms with E-state index in [4.69, 9.17) is 4.74 Å². The van der Waals surface area contributed by atoms with Crippen LogP contribution >= 0.6 is 0 Å². The molecule has 0 amide bonds. The van der Waals surface area contributed by atoms with Crippen molar-refractivity contribution in [2.24, 2.45) is 0 Å². The van der Waals surface area contributed by atoms with E-state index in [1.54, 1.807) is 0 Å². The number of esters is 1. The van der Waals surface area contributed by atoms with Crippen molar-refractivity contribution in [3.8, 4) is 0 Å². The van der Waals surface area contributed by atoms with E-state index in [1.165, 1.54) is 22.3 Å². The molecule has 1 aliphatic rings. The predicted molar refractivity (Wildman–Crippen MR) is 77.9 cm³/mol. The van der Waals surface area contributed by atoms with Gasteiger partial charge in [0.1, 0.15) is 0 Å². The molecule has 1 aliphatic carbocycles. The maximum absolute atomic E-state index is 11.4. The zero-order valence-electron chi connectivity index (χ0n) is 12.0. The van der Waals surface area contributed by atoms with Crippen molar-refractivity contribution in [1.82, 2.24) is 0 Å². The first kappa shape index (κ1) is 13.9. The number of hydrogen-bond acceptors (Lipinski definition) is 2. The van der Waals surface area contributed by atoms with Crippen molar-refractivity contribution >= 4 is 11.5 Å². The highest BCUT2D eigenvalue weighted by Gasteiger charge is 2.25. The highest BCUT2D eigenvalue weighted by molar-refractivity contribution is 5.76. The van der Waals surface area contributed by atoms with Gasteiger partial charge in [0, 0.05) is 12.3 Å². The molecule has 0 aromatic heterocycles. The fourth-order valence-corrected chi connectivity index (χ4v) is 2.91. The Labute approximate surface area is 115 Å². The van der Waals surface area contributed by atoms with Crippen LogP contribution in [0, 0.1) is 0 Å². The molecule has 1 aromatic carbocycles. The molecular weight excluding hydrogens is 236 g/mol. The van der Waals surface area contributed by atoms with Gasteiger partial charge in [-0.25, -0.2) is 0 Å². The Morgan fingerprint density at radius 3 is 2.74 bits per heavy atom. The van der Waals surface area contributed by atoms with Crippen LogP contribution in [0.1, 0.15) is 57.1 Å². The third-order valence-electron chi connectivity index (χ3n) is 4.03. The van der Waals surface area contributed by atoms with Crippen molar-refractivity contribution in [3.63, 3.8) is 0 Å². The summed E-state index contributed by atoms with van der Waals surface area (Å²) >= 11 is 0. The highest BCUT2D eigenvalue weighted by Crippen LogP contribution is 2.43. The third kappa shape index (κ3) is 2.89. The fraction of sp³-hybridized carbons (Fsp3) is 0.471. The van der Waals surface area contributed by atoms with E-state index in [-0.39, 0.29) is 5.97 Å². The smallest absolute Gasteiger partial charge is 0.305 e. The van der Waals surface area contributed by atoms with Gasteiger partial charge < -0.3 is 4.74 Å². The summed E-state index contributed by atoms with van der Waals surface area (Å²) in [6.07, 6.45) is 2.44. The molecule has 0 saturated carbocycles. The van der Waals surface area contributed by atoms with Crippen molar-refractivity contribution < 1.29 is 9.53 Å². The minimum atomic E-state index is -0.0767. The van der Waals surface area contributed by atoms with E-state index in [0.29, 0.717) is 18.9 Å². The van der Waals surface area contributed by atoms with Crippen LogP contribution < -0.4 is 0 Å².